The molecule has 0 saturated carbocycles. The third-order valence-corrected chi connectivity index (χ3v) is 4.60. The van der Waals surface area contributed by atoms with Crippen LogP contribution in [0.2, 0.25) is 5.02 Å². The SMILES string of the molecule is NC(CSc1ccc(Cl)cn1)c1ccc2ccccc2c1. The Morgan fingerprint density at radius 2 is 1.86 bits per heavy atom. The Kier molecular flexibility index (Phi) is 4.44. The molecule has 106 valence electrons. The molecule has 0 aliphatic carbocycles. The van der Waals surface area contributed by atoms with E-state index in [-0.39, 0.29) is 6.04 Å². The Morgan fingerprint density at radius 3 is 2.62 bits per heavy atom. The van der Waals surface area contributed by atoms with Crippen molar-refractivity contribution in [2.75, 3.05) is 5.75 Å². The molecule has 0 radical (unpaired) electrons. The molecule has 0 aliphatic heterocycles. The molecule has 4 heteroatoms. The summed E-state index contributed by atoms with van der Waals surface area (Å²) in [4.78, 5) is 4.27. The van der Waals surface area contributed by atoms with Crippen molar-refractivity contribution in [1.82, 2.24) is 4.98 Å². The van der Waals surface area contributed by atoms with Gasteiger partial charge in [0.2, 0.25) is 0 Å². The first-order valence-corrected chi connectivity index (χ1v) is 8.07. The predicted octanol–water partition coefficient (Wildman–Crippen LogP) is 4.68. The summed E-state index contributed by atoms with van der Waals surface area (Å²) in [6, 6.07) is 18.4. The summed E-state index contributed by atoms with van der Waals surface area (Å²) in [6.45, 7) is 0. The smallest absolute Gasteiger partial charge is 0.0961 e. The molecule has 21 heavy (non-hydrogen) atoms. The Bertz CT molecular complexity index is 743. The van der Waals surface area contributed by atoms with E-state index in [1.807, 2.05) is 24.3 Å². The number of hydrogen-bond acceptors (Lipinski definition) is 3. The Hall–Kier alpha value is -1.55. The van der Waals surface area contributed by atoms with E-state index in [2.05, 4.69) is 35.3 Å². The average Bonchev–Trinajstić information content (AvgIpc) is 2.53. The van der Waals surface area contributed by atoms with Crippen LogP contribution in [0.25, 0.3) is 10.8 Å². The highest BCUT2D eigenvalue weighted by Gasteiger charge is 2.08. The van der Waals surface area contributed by atoms with Crippen molar-refractivity contribution < 1.29 is 0 Å². The van der Waals surface area contributed by atoms with Gasteiger partial charge in [-0.15, -0.1) is 11.8 Å². The maximum atomic E-state index is 6.29. The molecular formula is C17H15ClN2S. The number of benzene rings is 2. The molecule has 1 unspecified atom stereocenters. The van der Waals surface area contributed by atoms with Crippen molar-refractivity contribution >= 4 is 34.1 Å². The minimum atomic E-state index is -0.0166. The number of thioether (sulfide) groups is 1. The molecule has 1 atom stereocenters. The Labute approximate surface area is 133 Å². The zero-order chi connectivity index (χ0) is 14.7. The summed E-state index contributed by atoms with van der Waals surface area (Å²) in [5.41, 5.74) is 7.44. The van der Waals surface area contributed by atoms with E-state index in [1.165, 1.54) is 10.8 Å². The lowest BCUT2D eigenvalue weighted by molar-refractivity contribution is 0.832. The van der Waals surface area contributed by atoms with Crippen molar-refractivity contribution in [1.29, 1.82) is 0 Å². The van der Waals surface area contributed by atoms with Crippen molar-refractivity contribution in [2.24, 2.45) is 5.73 Å². The van der Waals surface area contributed by atoms with Crippen molar-refractivity contribution in [3.63, 3.8) is 0 Å². The van der Waals surface area contributed by atoms with E-state index < -0.39 is 0 Å². The van der Waals surface area contributed by atoms with Crippen molar-refractivity contribution in [2.45, 2.75) is 11.1 Å². The number of rotatable bonds is 4. The van der Waals surface area contributed by atoms with Crippen LogP contribution >= 0.6 is 23.4 Å². The second-order valence-electron chi connectivity index (χ2n) is 4.84. The summed E-state index contributed by atoms with van der Waals surface area (Å²) in [5, 5.41) is 4.05. The van der Waals surface area contributed by atoms with E-state index in [0.717, 1.165) is 16.3 Å². The minimum absolute atomic E-state index is 0.0166. The first-order chi connectivity index (χ1) is 10.2. The van der Waals surface area contributed by atoms with Crippen LogP contribution in [0, 0.1) is 0 Å². The number of hydrogen-bond donors (Lipinski definition) is 1. The maximum Gasteiger partial charge on any atom is 0.0961 e. The lowest BCUT2D eigenvalue weighted by Crippen LogP contribution is -2.12. The number of pyridine rings is 1. The highest BCUT2D eigenvalue weighted by molar-refractivity contribution is 7.99. The monoisotopic (exact) mass is 314 g/mol. The summed E-state index contributed by atoms with van der Waals surface area (Å²) >= 11 is 7.47. The van der Waals surface area contributed by atoms with Gasteiger partial charge in [-0.1, -0.05) is 48.0 Å². The zero-order valence-corrected chi connectivity index (χ0v) is 12.9. The first-order valence-electron chi connectivity index (χ1n) is 6.71. The molecule has 2 aromatic carbocycles. The van der Waals surface area contributed by atoms with Crippen LogP contribution in [0.15, 0.2) is 65.8 Å². The largest absolute Gasteiger partial charge is 0.323 e. The van der Waals surface area contributed by atoms with Gasteiger partial charge in [0.1, 0.15) is 0 Å². The normalized spacial score (nSPS) is 12.5. The van der Waals surface area contributed by atoms with Gasteiger partial charge in [0, 0.05) is 18.0 Å². The van der Waals surface area contributed by atoms with Gasteiger partial charge in [-0.2, -0.15) is 0 Å². The average molecular weight is 315 g/mol. The van der Waals surface area contributed by atoms with Crippen LogP contribution in [-0.4, -0.2) is 10.7 Å². The van der Waals surface area contributed by atoms with Gasteiger partial charge in [0.05, 0.1) is 10.0 Å². The van der Waals surface area contributed by atoms with E-state index in [1.54, 1.807) is 18.0 Å². The van der Waals surface area contributed by atoms with Gasteiger partial charge < -0.3 is 5.73 Å². The summed E-state index contributed by atoms with van der Waals surface area (Å²) < 4.78 is 0. The molecule has 3 aromatic rings. The molecule has 1 heterocycles. The second kappa shape index (κ2) is 6.48. The fourth-order valence-electron chi connectivity index (χ4n) is 2.16. The van der Waals surface area contributed by atoms with E-state index in [4.69, 9.17) is 17.3 Å². The molecule has 0 fully saturated rings. The summed E-state index contributed by atoms with van der Waals surface area (Å²) in [6.07, 6.45) is 1.66. The van der Waals surface area contributed by atoms with Crippen LogP contribution in [-0.2, 0) is 0 Å². The molecule has 3 rings (SSSR count). The van der Waals surface area contributed by atoms with E-state index >= 15 is 0 Å². The van der Waals surface area contributed by atoms with Crippen LogP contribution in [0.4, 0.5) is 0 Å². The molecule has 0 bridgehead atoms. The Balaban J connectivity index is 1.71. The second-order valence-corrected chi connectivity index (χ2v) is 6.32. The lowest BCUT2D eigenvalue weighted by Gasteiger charge is -2.12. The summed E-state index contributed by atoms with van der Waals surface area (Å²) in [5.74, 6) is 0.785. The minimum Gasteiger partial charge on any atom is -0.323 e. The molecule has 0 saturated heterocycles. The lowest BCUT2D eigenvalue weighted by atomic mass is 10.0. The Morgan fingerprint density at radius 1 is 1.05 bits per heavy atom. The standard InChI is InChI=1S/C17H15ClN2S/c18-15-7-8-17(20-10-15)21-11-16(19)14-6-5-12-3-1-2-4-13(12)9-14/h1-10,16H,11,19H2. The maximum absolute atomic E-state index is 6.29. The van der Waals surface area contributed by atoms with Crippen molar-refractivity contribution in [3.8, 4) is 0 Å². The van der Waals surface area contributed by atoms with Gasteiger partial charge in [-0.05, 0) is 34.5 Å². The van der Waals surface area contributed by atoms with Crippen LogP contribution in [0.1, 0.15) is 11.6 Å². The quantitative estimate of drug-likeness (QED) is 0.711. The number of fused-ring (bicyclic) bond motifs is 1. The fourth-order valence-corrected chi connectivity index (χ4v) is 3.10. The van der Waals surface area contributed by atoms with Gasteiger partial charge in [0.25, 0.3) is 0 Å². The molecule has 0 amide bonds. The third kappa shape index (κ3) is 3.56. The fraction of sp³-hybridized carbons (Fsp3) is 0.118. The van der Waals surface area contributed by atoms with Gasteiger partial charge in [0.15, 0.2) is 0 Å². The molecule has 0 aliphatic rings. The molecule has 2 nitrogen and oxygen atoms in total. The number of nitrogens with zero attached hydrogens (tertiary/aromatic N) is 1. The van der Waals surface area contributed by atoms with Crippen LogP contribution < -0.4 is 5.73 Å². The third-order valence-electron chi connectivity index (χ3n) is 3.31. The number of nitrogens with two attached hydrogens (primary N) is 1. The highest BCUT2D eigenvalue weighted by Crippen LogP contribution is 2.25. The first kappa shape index (κ1) is 14.4. The van der Waals surface area contributed by atoms with Crippen molar-refractivity contribution in [3.05, 3.63) is 71.4 Å². The van der Waals surface area contributed by atoms with E-state index in [9.17, 15) is 0 Å². The molecule has 2 N–H and O–H groups in total. The molecule has 1 aromatic heterocycles. The van der Waals surface area contributed by atoms with Crippen LogP contribution in [0.3, 0.4) is 0 Å². The van der Waals surface area contributed by atoms with Gasteiger partial charge >= 0.3 is 0 Å². The highest BCUT2D eigenvalue weighted by atomic mass is 35.5. The molecular weight excluding hydrogens is 300 g/mol. The van der Waals surface area contributed by atoms with Gasteiger partial charge in [-0.25, -0.2) is 4.98 Å². The number of halogens is 1. The van der Waals surface area contributed by atoms with Gasteiger partial charge in [-0.3, -0.25) is 0 Å². The van der Waals surface area contributed by atoms with E-state index in [0.29, 0.717) is 5.02 Å². The number of aromatic nitrogens is 1. The molecule has 0 spiro atoms. The zero-order valence-electron chi connectivity index (χ0n) is 11.4. The summed E-state index contributed by atoms with van der Waals surface area (Å²) in [7, 11) is 0. The topological polar surface area (TPSA) is 38.9 Å². The van der Waals surface area contributed by atoms with Crippen LogP contribution in [0.5, 0.6) is 0 Å². The predicted molar refractivity (Wildman–Crippen MR) is 90.8 cm³/mol.